The number of carbonyl (C=O) groups is 1. The third-order valence-corrected chi connectivity index (χ3v) is 4.10. The lowest BCUT2D eigenvalue weighted by Gasteiger charge is -2.13. The SMILES string of the molecule is CCOC(=O)CCCCc1ccc(OCC)c2c1CC(N)C2. The highest BCUT2D eigenvalue weighted by Gasteiger charge is 2.24. The van der Waals surface area contributed by atoms with Gasteiger partial charge in [-0.3, -0.25) is 4.79 Å². The smallest absolute Gasteiger partial charge is 0.305 e. The summed E-state index contributed by atoms with van der Waals surface area (Å²) in [6.45, 7) is 4.98. The van der Waals surface area contributed by atoms with Crippen molar-refractivity contribution < 1.29 is 14.3 Å². The summed E-state index contributed by atoms with van der Waals surface area (Å²) in [5.41, 5.74) is 10.1. The number of benzene rings is 1. The van der Waals surface area contributed by atoms with Gasteiger partial charge < -0.3 is 15.2 Å². The van der Waals surface area contributed by atoms with Gasteiger partial charge in [0.2, 0.25) is 0 Å². The lowest BCUT2D eigenvalue weighted by molar-refractivity contribution is -0.143. The van der Waals surface area contributed by atoms with E-state index in [1.807, 2.05) is 13.8 Å². The summed E-state index contributed by atoms with van der Waals surface area (Å²) in [6, 6.07) is 4.43. The van der Waals surface area contributed by atoms with Crippen LogP contribution in [0, 0.1) is 0 Å². The highest BCUT2D eigenvalue weighted by atomic mass is 16.5. The first-order valence-corrected chi connectivity index (χ1v) is 8.33. The molecule has 0 radical (unpaired) electrons. The minimum atomic E-state index is -0.0959. The molecule has 122 valence electrons. The van der Waals surface area contributed by atoms with Crippen molar-refractivity contribution in [2.45, 2.75) is 58.4 Å². The fraction of sp³-hybridized carbons (Fsp3) is 0.611. The number of nitrogens with two attached hydrogens (primary N) is 1. The topological polar surface area (TPSA) is 61.5 Å². The Morgan fingerprint density at radius 1 is 1.18 bits per heavy atom. The Bertz CT molecular complexity index is 513. The van der Waals surface area contributed by atoms with Crippen molar-refractivity contribution in [3.05, 3.63) is 28.8 Å². The number of esters is 1. The largest absolute Gasteiger partial charge is 0.494 e. The summed E-state index contributed by atoms with van der Waals surface area (Å²) < 4.78 is 10.7. The number of fused-ring (bicyclic) bond motifs is 1. The molecule has 0 amide bonds. The number of hydrogen-bond acceptors (Lipinski definition) is 4. The maximum Gasteiger partial charge on any atom is 0.305 e. The van der Waals surface area contributed by atoms with Crippen LogP contribution in [0.2, 0.25) is 0 Å². The van der Waals surface area contributed by atoms with Gasteiger partial charge in [0.05, 0.1) is 13.2 Å². The van der Waals surface area contributed by atoms with Crippen LogP contribution < -0.4 is 10.5 Å². The zero-order valence-corrected chi connectivity index (χ0v) is 13.7. The van der Waals surface area contributed by atoms with Crippen LogP contribution in [-0.4, -0.2) is 25.2 Å². The monoisotopic (exact) mass is 305 g/mol. The van der Waals surface area contributed by atoms with Gasteiger partial charge in [-0.1, -0.05) is 6.07 Å². The van der Waals surface area contributed by atoms with Crippen molar-refractivity contribution in [3.8, 4) is 5.75 Å². The zero-order chi connectivity index (χ0) is 15.9. The minimum absolute atomic E-state index is 0.0959. The second-order valence-corrected chi connectivity index (χ2v) is 5.79. The first kappa shape index (κ1) is 16.8. The Balaban J connectivity index is 1.95. The fourth-order valence-corrected chi connectivity index (χ4v) is 3.14. The van der Waals surface area contributed by atoms with E-state index < -0.39 is 0 Å². The van der Waals surface area contributed by atoms with Crippen LogP contribution in [0.5, 0.6) is 5.75 Å². The fourth-order valence-electron chi connectivity index (χ4n) is 3.14. The molecule has 2 N–H and O–H groups in total. The van der Waals surface area contributed by atoms with E-state index in [1.54, 1.807) is 0 Å². The highest BCUT2D eigenvalue weighted by Crippen LogP contribution is 2.33. The summed E-state index contributed by atoms with van der Waals surface area (Å²) in [6.07, 6.45) is 5.19. The Kier molecular flexibility index (Phi) is 6.25. The van der Waals surface area contributed by atoms with Crippen LogP contribution in [-0.2, 0) is 28.8 Å². The average Bonchev–Trinajstić information content (AvgIpc) is 2.88. The zero-order valence-electron chi connectivity index (χ0n) is 13.7. The molecule has 0 fully saturated rings. The van der Waals surface area contributed by atoms with Crippen molar-refractivity contribution >= 4 is 5.97 Å². The molecular formula is C18H27NO3. The normalized spacial score (nSPS) is 16.4. The summed E-state index contributed by atoms with van der Waals surface area (Å²) in [5, 5.41) is 0. The second-order valence-electron chi connectivity index (χ2n) is 5.79. The predicted octanol–water partition coefficient (Wildman–Crippen LogP) is 2.79. The van der Waals surface area contributed by atoms with Crippen LogP contribution in [0.25, 0.3) is 0 Å². The number of aryl methyl sites for hydroxylation is 1. The van der Waals surface area contributed by atoms with Crippen molar-refractivity contribution in [1.82, 2.24) is 0 Å². The lowest BCUT2D eigenvalue weighted by Crippen LogP contribution is -2.19. The molecule has 4 heteroatoms. The minimum Gasteiger partial charge on any atom is -0.494 e. The van der Waals surface area contributed by atoms with Gasteiger partial charge in [-0.15, -0.1) is 0 Å². The van der Waals surface area contributed by atoms with E-state index in [9.17, 15) is 4.79 Å². The third-order valence-electron chi connectivity index (χ3n) is 4.10. The first-order chi connectivity index (χ1) is 10.7. The average molecular weight is 305 g/mol. The molecule has 0 bridgehead atoms. The van der Waals surface area contributed by atoms with Gasteiger partial charge in [0.1, 0.15) is 5.75 Å². The molecule has 1 aromatic rings. The molecule has 4 nitrogen and oxygen atoms in total. The van der Waals surface area contributed by atoms with E-state index in [1.165, 1.54) is 16.7 Å². The Morgan fingerprint density at radius 3 is 2.68 bits per heavy atom. The van der Waals surface area contributed by atoms with Gasteiger partial charge >= 0.3 is 5.97 Å². The Hall–Kier alpha value is -1.55. The maximum atomic E-state index is 11.3. The van der Waals surface area contributed by atoms with Crippen molar-refractivity contribution in [2.75, 3.05) is 13.2 Å². The van der Waals surface area contributed by atoms with Crippen molar-refractivity contribution in [2.24, 2.45) is 5.73 Å². The molecule has 0 heterocycles. The van der Waals surface area contributed by atoms with E-state index in [-0.39, 0.29) is 12.0 Å². The van der Waals surface area contributed by atoms with Gasteiger partial charge in [-0.2, -0.15) is 0 Å². The predicted molar refractivity (Wildman–Crippen MR) is 87.2 cm³/mol. The molecule has 1 atom stereocenters. The number of carbonyl (C=O) groups excluding carboxylic acids is 1. The number of unbranched alkanes of at least 4 members (excludes halogenated alkanes) is 1. The van der Waals surface area contributed by atoms with Gasteiger partial charge in [0, 0.05) is 12.5 Å². The quantitative estimate of drug-likeness (QED) is 0.592. The lowest BCUT2D eigenvalue weighted by atomic mass is 9.97. The molecule has 1 aromatic carbocycles. The van der Waals surface area contributed by atoms with Crippen LogP contribution in [0.3, 0.4) is 0 Å². The molecule has 22 heavy (non-hydrogen) atoms. The van der Waals surface area contributed by atoms with Crippen LogP contribution >= 0.6 is 0 Å². The third kappa shape index (κ3) is 4.23. The Morgan fingerprint density at radius 2 is 1.95 bits per heavy atom. The maximum absolute atomic E-state index is 11.3. The molecule has 2 rings (SSSR count). The summed E-state index contributed by atoms with van der Waals surface area (Å²) in [7, 11) is 0. The highest BCUT2D eigenvalue weighted by molar-refractivity contribution is 5.69. The van der Waals surface area contributed by atoms with E-state index in [2.05, 4.69) is 12.1 Å². The van der Waals surface area contributed by atoms with E-state index in [4.69, 9.17) is 15.2 Å². The molecule has 1 aliphatic rings. The van der Waals surface area contributed by atoms with Crippen molar-refractivity contribution in [3.63, 3.8) is 0 Å². The van der Waals surface area contributed by atoms with Gasteiger partial charge in [-0.25, -0.2) is 0 Å². The van der Waals surface area contributed by atoms with Crippen LogP contribution in [0.1, 0.15) is 49.8 Å². The summed E-state index contributed by atoms with van der Waals surface area (Å²) in [4.78, 5) is 11.3. The number of ether oxygens (including phenoxy) is 2. The number of rotatable bonds is 8. The molecule has 0 aromatic heterocycles. The van der Waals surface area contributed by atoms with Crippen LogP contribution in [0.15, 0.2) is 12.1 Å². The van der Waals surface area contributed by atoms with Crippen LogP contribution in [0.4, 0.5) is 0 Å². The first-order valence-electron chi connectivity index (χ1n) is 8.33. The van der Waals surface area contributed by atoms with E-state index >= 15 is 0 Å². The Labute approximate surface area is 133 Å². The van der Waals surface area contributed by atoms with Crippen molar-refractivity contribution in [1.29, 1.82) is 0 Å². The molecule has 0 saturated heterocycles. The molecule has 0 spiro atoms. The molecule has 0 aliphatic heterocycles. The molecule has 0 saturated carbocycles. The summed E-state index contributed by atoms with van der Waals surface area (Å²) in [5.74, 6) is 0.891. The molecule has 1 aliphatic carbocycles. The van der Waals surface area contributed by atoms with E-state index in [0.717, 1.165) is 37.9 Å². The van der Waals surface area contributed by atoms with Gasteiger partial charge in [-0.05, 0) is 68.7 Å². The van der Waals surface area contributed by atoms with E-state index in [0.29, 0.717) is 19.6 Å². The second kappa shape index (κ2) is 8.18. The van der Waals surface area contributed by atoms with Gasteiger partial charge in [0.15, 0.2) is 0 Å². The number of hydrogen-bond donors (Lipinski definition) is 1. The van der Waals surface area contributed by atoms with Gasteiger partial charge in [0.25, 0.3) is 0 Å². The summed E-state index contributed by atoms with van der Waals surface area (Å²) >= 11 is 0. The standard InChI is InChI=1S/C18H27NO3/c1-3-21-17-10-9-13(15-11-14(19)12-16(15)17)7-5-6-8-18(20)22-4-2/h9-10,14H,3-8,11-12,19H2,1-2H3. The molecule has 1 unspecified atom stereocenters. The molecular weight excluding hydrogens is 278 g/mol.